The Bertz CT molecular complexity index is 364. The monoisotopic (exact) mass is 242 g/mol. The summed E-state index contributed by atoms with van der Waals surface area (Å²) < 4.78 is 11.4. The predicted octanol–water partition coefficient (Wildman–Crippen LogP) is -0.261. The molecular weight excluding hydrogens is 224 g/mol. The molecule has 1 aromatic rings. The van der Waals surface area contributed by atoms with E-state index in [-0.39, 0.29) is 12.3 Å². The maximum absolute atomic E-state index is 11.6. The van der Waals surface area contributed by atoms with Gasteiger partial charge in [0.25, 0.3) is 0 Å². The van der Waals surface area contributed by atoms with Gasteiger partial charge in [0, 0.05) is 13.7 Å². The summed E-state index contributed by atoms with van der Waals surface area (Å²) in [6, 6.07) is 0. The number of aryl methyl sites for hydroxylation is 1. The van der Waals surface area contributed by atoms with Gasteiger partial charge in [0.05, 0.1) is 12.3 Å². The average Bonchev–Trinajstić information content (AvgIpc) is 2.68. The second-order valence-corrected chi connectivity index (χ2v) is 3.52. The minimum atomic E-state index is -0.474. The molecule has 7 heteroatoms. The average molecular weight is 242 g/mol. The molecule has 1 aromatic heterocycles. The number of hydrogen-bond acceptors (Lipinski definition) is 6. The third-order valence-electron chi connectivity index (χ3n) is 2.27. The smallest absolute Gasteiger partial charge is 0.360 e. The lowest BCUT2D eigenvalue weighted by Gasteiger charge is -2.03. The highest BCUT2D eigenvalue weighted by atomic mass is 16.6. The van der Waals surface area contributed by atoms with E-state index < -0.39 is 5.97 Å². The van der Waals surface area contributed by atoms with Crippen LogP contribution in [-0.4, -0.2) is 47.8 Å². The molecule has 1 heterocycles. The Morgan fingerprint density at radius 1 is 1.47 bits per heavy atom. The van der Waals surface area contributed by atoms with E-state index in [1.807, 2.05) is 0 Å². The molecule has 96 valence electrons. The molecule has 0 fully saturated rings. The van der Waals surface area contributed by atoms with Gasteiger partial charge < -0.3 is 15.2 Å². The summed E-state index contributed by atoms with van der Waals surface area (Å²) in [5.74, 6) is -0.474. The van der Waals surface area contributed by atoms with Crippen LogP contribution in [0.3, 0.4) is 0 Å². The summed E-state index contributed by atoms with van der Waals surface area (Å²) in [6.45, 7) is 3.59. The molecule has 17 heavy (non-hydrogen) atoms. The summed E-state index contributed by atoms with van der Waals surface area (Å²) in [6.07, 6.45) is 0.794. The normalized spacial score (nSPS) is 10.5. The molecule has 0 aliphatic heterocycles. The molecule has 2 N–H and O–H groups in total. The Labute approximate surface area is 99.9 Å². The van der Waals surface area contributed by atoms with Gasteiger partial charge in [-0.15, -0.1) is 5.10 Å². The topological polar surface area (TPSA) is 92.3 Å². The number of carbonyl (C=O) groups is 1. The van der Waals surface area contributed by atoms with E-state index in [9.17, 15) is 4.79 Å². The van der Waals surface area contributed by atoms with Gasteiger partial charge in [-0.25, -0.2) is 9.48 Å². The highest BCUT2D eigenvalue weighted by Gasteiger charge is 2.17. The molecule has 0 spiro atoms. The van der Waals surface area contributed by atoms with Crippen LogP contribution >= 0.6 is 0 Å². The van der Waals surface area contributed by atoms with Gasteiger partial charge >= 0.3 is 5.97 Å². The molecule has 0 radical (unpaired) electrons. The Kier molecular flexibility index (Phi) is 5.58. The minimum Gasteiger partial charge on any atom is -0.458 e. The van der Waals surface area contributed by atoms with Crippen LogP contribution < -0.4 is 5.73 Å². The van der Waals surface area contributed by atoms with E-state index in [4.69, 9.17) is 15.2 Å². The van der Waals surface area contributed by atoms with E-state index >= 15 is 0 Å². The lowest BCUT2D eigenvalue weighted by Crippen LogP contribution is -2.12. The van der Waals surface area contributed by atoms with Gasteiger partial charge in [0.15, 0.2) is 5.69 Å². The molecule has 7 nitrogen and oxygen atoms in total. The fourth-order valence-electron chi connectivity index (χ4n) is 1.29. The summed E-state index contributed by atoms with van der Waals surface area (Å²) in [5, 5.41) is 7.69. The molecule has 1 rings (SSSR count). The van der Waals surface area contributed by atoms with Gasteiger partial charge in [-0.1, -0.05) is 5.21 Å². The Hall–Kier alpha value is -1.47. The van der Waals surface area contributed by atoms with E-state index in [1.165, 1.54) is 0 Å². The van der Waals surface area contributed by atoms with Crippen molar-refractivity contribution in [3.8, 4) is 0 Å². The number of esters is 1. The maximum atomic E-state index is 11.6. The first kappa shape index (κ1) is 13.6. The number of nitrogens with zero attached hydrogens (tertiary/aromatic N) is 3. The molecule has 0 saturated carbocycles. The number of methoxy groups -OCH3 is 1. The van der Waals surface area contributed by atoms with E-state index in [0.29, 0.717) is 25.4 Å². The van der Waals surface area contributed by atoms with Crippen LogP contribution in [0.4, 0.5) is 0 Å². The minimum absolute atomic E-state index is 0.213. The quantitative estimate of drug-likeness (QED) is 0.523. The molecule has 0 unspecified atom stereocenters. The number of nitrogens with two attached hydrogens (primary N) is 1. The van der Waals surface area contributed by atoms with Crippen molar-refractivity contribution in [2.75, 3.05) is 26.9 Å². The van der Waals surface area contributed by atoms with Crippen molar-refractivity contribution in [2.45, 2.75) is 19.9 Å². The van der Waals surface area contributed by atoms with Crippen LogP contribution in [0.25, 0.3) is 0 Å². The standard InChI is InChI=1S/C10H18N4O3/c1-8-9(10(15)17-7-6-16-2)12-13-14(8)5-3-4-11/h3-7,11H2,1-2H3. The summed E-state index contributed by atoms with van der Waals surface area (Å²) >= 11 is 0. The van der Waals surface area contributed by atoms with Crippen molar-refractivity contribution in [2.24, 2.45) is 5.73 Å². The van der Waals surface area contributed by atoms with Gasteiger partial charge in [-0.05, 0) is 19.9 Å². The van der Waals surface area contributed by atoms with Gasteiger partial charge in [0.1, 0.15) is 6.61 Å². The molecule has 0 saturated heterocycles. The van der Waals surface area contributed by atoms with Crippen LogP contribution in [0.1, 0.15) is 22.6 Å². The molecule has 0 bridgehead atoms. The number of rotatable bonds is 7. The molecular formula is C10H18N4O3. The first-order valence-corrected chi connectivity index (χ1v) is 5.47. The number of carbonyl (C=O) groups excluding carboxylic acids is 1. The third kappa shape index (κ3) is 3.79. The molecule has 0 atom stereocenters. The largest absolute Gasteiger partial charge is 0.458 e. The first-order valence-electron chi connectivity index (χ1n) is 5.47. The van der Waals surface area contributed by atoms with Gasteiger partial charge in [-0.2, -0.15) is 0 Å². The zero-order valence-corrected chi connectivity index (χ0v) is 10.2. The maximum Gasteiger partial charge on any atom is 0.360 e. The van der Waals surface area contributed by atoms with Crippen molar-refractivity contribution in [3.63, 3.8) is 0 Å². The van der Waals surface area contributed by atoms with Crippen LogP contribution in [0.2, 0.25) is 0 Å². The van der Waals surface area contributed by atoms with Crippen molar-refractivity contribution < 1.29 is 14.3 Å². The van der Waals surface area contributed by atoms with Crippen molar-refractivity contribution in [1.29, 1.82) is 0 Å². The lowest BCUT2D eigenvalue weighted by molar-refractivity contribution is 0.0380. The van der Waals surface area contributed by atoms with Gasteiger partial charge in [-0.3, -0.25) is 0 Å². The summed E-state index contributed by atoms with van der Waals surface area (Å²) in [4.78, 5) is 11.6. The molecule has 0 aliphatic carbocycles. The third-order valence-corrected chi connectivity index (χ3v) is 2.27. The van der Waals surface area contributed by atoms with E-state index in [0.717, 1.165) is 6.42 Å². The number of hydrogen-bond donors (Lipinski definition) is 1. The number of ether oxygens (including phenoxy) is 2. The zero-order valence-electron chi connectivity index (χ0n) is 10.2. The van der Waals surface area contributed by atoms with Gasteiger partial charge in [0.2, 0.25) is 0 Å². The van der Waals surface area contributed by atoms with Crippen molar-refractivity contribution in [3.05, 3.63) is 11.4 Å². The lowest BCUT2D eigenvalue weighted by atomic mass is 10.3. The van der Waals surface area contributed by atoms with Crippen LogP contribution in [0.15, 0.2) is 0 Å². The Morgan fingerprint density at radius 3 is 2.88 bits per heavy atom. The predicted molar refractivity (Wildman–Crippen MR) is 60.6 cm³/mol. The second kappa shape index (κ2) is 6.97. The summed E-state index contributed by atoms with van der Waals surface area (Å²) in [5.41, 5.74) is 6.35. The van der Waals surface area contributed by atoms with Crippen molar-refractivity contribution >= 4 is 5.97 Å². The van der Waals surface area contributed by atoms with Crippen LogP contribution in [0, 0.1) is 6.92 Å². The SMILES string of the molecule is COCCOC(=O)c1nnn(CCCN)c1C. The fourth-order valence-corrected chi connectivity index (χ4v) is 1.29. The molecule has 0 aromatic carbocycles. The Morgan fingerprint density at radius 2 is 2.24 bits per heavy atom. The highest BCUT2D eigenvalue weighted by molar-refractivity contribution is 5.88. The number of aromatic nitrogens is 3. The van der Waals surface area contributed by atoms with E-state index in [2.05, 4.69) is 10.3 Å². The van der Waals surface area contributed by atoms with Crippen molar-refractivity contribution in [1.82, 2.24) is 15.0 Å². The van der Waals surface area contributed by atoms with E-state index in [1.54, 1.807) is 18.7 Å². The second-order valence-electron chi connectivity index (χ2n) is 3.52. The zero-order chi connectivity index (χ0) is 12.7. The summed E-state index contributed by atoms with van der Waals surface area (Å²) in [7, 11) is 1.54. The molecule has 0 aliphatic rings. The molecule has 0 amide bonds. The Balaban J connectivity index is 2.58. The van der Waals surface area contributed by atoms with Crippen LogP contribution in [-0.2, 0) is 16.0 Å². The van der Waals surface area contributed by atoms with Crippen LogP contribution in [0.5, 0.6) is 0 Å². The fraction of sp³-hybridized carbons (Fsp3) is 0.700. The highest BCUT2D eigenvalue weighted by Crippen LogP contribution is 2.06. The first-order chi connectivity index (χ1) is 8.20.